The number of nitrogens with zero attached hydrogens (tertiary/aromatic N) is 1. The Kier molecular flexibility index (Phi) is 2.94. The zero-order valence-corrected chi connectivity index (χ0v) is 11.7. The summed E-state index contributed by atoms with van der Waals surface area (Å²) in [6.07, 6.45) is 7.10. The first-order chi connectivity index (χ1) is 8.90. The molecule has 1 aromatic rings. The SMILES string of the molecule is c1csc(C(NC2CCN(C3CC3)C2)C2CC2)c1. The van der Waals surface area contributed by atoms with Crippen molar-refractivity contribution in [2.75, 3.05) is 13.1 Å². The number of hydrogen-bond donors (Lipinski definition) is 1. The van der Waals surface area contributed by atoms with Gasteiger partial charge in [0.1, 0.15) is 0 Å². The van der Waals surface area contributed by atoms with Gasteiger partial charge in [0, 0.05) is 36.1 Å². The molecule has 0 spiro atoms. The molecule has 1 saturated heterocycles. The highest BCUT2D eigenvalue weighted by Gasteiger charge is 2.38. The second-order valence-corrected chi connectivity index (χ2v) is 7.19. The van der Waals surface area contributed by atoms with E-state index >= 15 is 0 Å². The first kappa shape index (κ1) is 11.4. The van der Waals surface area contributed by atoms with Crippen LogP contribution in [-0.4, -0.2) is 30.1 Å². The lowest BCUT2D eigenvalue weighted by Crippen LogP contribution is -2.36. The van der Waals surface area contributed by atoms with E-state index in [9.17, 15) is 0 Å². The molecule has 18 heavy (non-hydrogen) atoms. The van der Waals surface area contributed by atoms with Crippen LogP contribution < -0.4 is 5.32 Å². The molecule has 2 aliphatic carbocycles. The second-order valence-electron chi connectivity index (χ2n) is 6.21. The first-order valence-electron chi connectivity index (χ1n) is 7.43. The Hall–Kier alpha value is -0.380. The molecule has 4 rings (SSSR count). The molecule has 3 aliphatic rings. The topological polar surface area (TPSA) is 15.3 Å². The van der Waals surface area contributed by atoms with Gasteiger partial charge in [-0.2, -0.15) is 0 Å². The van der Waals surface area contributed by atoms with Crippen LogP contribution in [0.3, 0.4) is 0 Å². The zero-order chi connectivity index (χ0) is 11.9. The zero-order valence-electron chi connectivity index (χ0n) is 10.8. The van der Waals surface area contributed by atoms with E-state index in [1.165, 1.54) is 45.2 Å². The largest absolute Gasteiger partial charge is 0.305 e. The van der Waals surface area contributed by atoms with E-state index in [-0.39, 0.29) is 0 Å². The van der Waals surface area contributed by atoms with Crippen LogP contribution in [0.25, 0.3) is 0 Å². The molecule has 3 fully saturated rings. The van der Waals surface area contributed by atoms with Gasteiger partial charge >= 0.3 is 0 Å². The summed E-state index contributed by atoms with van der Waals surface area (Å²) in [5.74, 6) is 0.915. The van der Waals surface area contributed by atoms with Gasteiger partial charge in [0.05, 0.1) is 0 Å². The van der Waals surface area contributed by atoms with Crippen LogP contribution in [0, 0.1) is 5.92 Å². The summed E-state index contributed by atoms with van der Waals surface area (Å²) in [5.41, 5.74) is 0. The average molecular weight is 262 g/mol. The fourth-order valence-electron chi connectivity index (χ4n) is 3.30. The summed E-state index contributed by atoms with van der Waals surface area (Å²) < 4.78 is 0. The molecule has 3 heteroatoms. The van der Waals surface area contributed by atoms with E-state index in [1.807, 2.05) is 11.3 Å². The number of likely N-dealkylation sites (tertiary alicyclic amines) is 1. The molecule has 98 valence electrons. The van der Waals surface area contributed by atoms with Crippen LogP contribution in [0.2, 0.25) is 0 Å². The van der Waals surface area contributed by atoms with Crippen molar-refractivity contribution in [3.63, 3.8) is 0 Å². The third kappa shape index (κ3) is 2.36. The molecular weight excluding hydrogens is 240 g/mol. The van der Waals surface area contributed by atoms with Gasteiger partial charge < -0.3 is 5.32 Å². The smallest absolute Gasteiger partial charge is 0.0445 e. The highest BCUT2D eigenvalue weighted by atomic mass is 32.1. The molecule has 1 aliphatic heterocycles. The predicted octanol–water partition coefficient (Wildman–Crippen LogP) is 3.03. The predicted molar refractivity (Wildman–Crippen MR) is 75.9 cm³/mol. The van der Waals surface area contributed by atoms with Gasteiger partial charge in [0.2, 0.25) is 0 Å². The lowest BCUT2D eigenvalue weighted by Gasteiger charge is -2.22. The average Bonchev–Trinajstić information content (AvgIpc) is 3.30. The number of rotatable bonds is 5. The molecule has 2 nitrogen and oxygen atoms in total. The molecule has 2 saturated carbocycles. The third-order valence-electron chi connectivity index (χ3n) is 4.64. The summed E-state index contributed by atoms with van der Waals surface area (Å²) in [6, 6.07) is 6.83. The highest BCUT2D eigenvalue weighted by molar-refractivity contribution is 7.10. The second kappa shape index (κ2) is 4.62. The minimum atomic E-state index is 0.647. The van der Waals surface area contributed by atoms with Gasteiger partial charge in [-0.3, -0.25) is 4.90 Å². The Balaban J connectivity index is 1.40. The van der Waals surface area contributed by atoms with Gasteiger partial charge in [-0.25, -0.2) is 0 Å². The van der Waals surface area contributed by atoms with E-state index in [1.54, 1.807) is 4.88 Å². The Morgan fingerprint density at radius 1 is 1.22 bits per heavy atom. The monoisotopic (exact) mass is 262 g/mol. The quantitative estimate of drug-likeness (QED) is 0.877. The van der Waals surface area contributed by atoms with E-state index in [0.29, 0.717) is 6.04 Å². The lowest BCUT2D eigenvalue weighted by molar-refractivity contribution is 0.309. The van der Waals surface area contributed by atoms with Crippen LogP contribution >= 0.6 is 11.3 Å². The van der Waals surface area contributed by atoms with Gasteiger partial charge in [-0.15, -0.1) is 11.3 Å². The maximum absolute atomic E-state index is 3.96. The lowest BCUT2D eigenvalue weighted by atomic mass is 10.1. The van der Waals surface area contributed by atoms with Crippen LogP contribution in [0.4, 0.5) is 0 Å². The Bertz CT molecular complexity index is 395. The maximum Gasteiger partial charge on any atom is 0.0445 e. The van der Waals surface area contributed by atoms with Crippen molar-refractivity contribution in [2.24, 2.45) is 5.92 Å². The summed E-state index contributed by atoms with van der Waals surface area (Å²) in [5, 5.41) is 6.18. The molecule has 2 atom stereocenters. The van der Waals surface area contributed by atoms with Crippen molar-refractivity contribution in [3.05, 3.63) is 22.4 Å². The van der Waals surface area contributed by atoms with E-state index in [2.05, 4.69) is 27.7 Å². The molecule has 2 heterocycles. The Morgan fingerprint density at radius 2 is 2.11 bits per heavy atom. The van der Waals surface area contributed by atoms with Crippen LogP contribution in [0.5, 0.6) is 0 Å². The van der Waals surface area contributed by atoms with Crippen molar-refractivity contribution < 1.29 is 0 Å². The highest BCUT2D eigenvalue weighted by Crippen LogP contribution is 2.43. The van der Waals surface area contributed by atoms with Crippen molar-refractivity contribution in [1.29, 1.82) is 0 Å². The molecule has 0 amide bonds. The summed E-state index contributed by atoms with van der Waals surface area (Å²) in [6.45, 7) is 2.61. The number of nitrogens with one attached hydrogen (secondary N) is 1. The fraction of sp³-hybridized carbons (Fsp3) is 0.733. The molecule has 1 aromatic heterocycles. The van der Waals surface area contributed by atoms with Crippen molar-refractivity contribution >= 4 is 11.3 Å². The number of hydrogen-bond acceptors (Lipinski definition) is 3. The van der Waals surface area contributed by atoms with Crippen molar-refractivity contribution in [1.82, 2.24) is 10.2 Å². The maximum atomic E-state index is 3.96. The van der Waals surface area contributed by atoms with Crippen LogP contribution in [-0.2, 0) is 0 Å². The Labute approximate surface area is 113 Å². The van der Waals surface area contributed by atoms with E-state index in [4.69, 9.17) is 0 Å². The van der Waals surface area contributed by atoms with Gasteiger partial charge in [-0.1, -0.05) is 6.07 Å². The molecule has 0 radical (unpaired) electrons. The van der Waals surface area contributed by atoms with Crippen molar-refractivity contribution in [2.45, 2.75) is 50.2 Å². The van der Waals surface area contributed by atoms with E-state index in [0.717, 1.165) is 18.0 Å². The molecule has 0 bridgehead atoms. The van der Waals surface area contributed by atoms with Gasteiger partial charge in [0.15, 0.2) is 0 Å². The summed E-state index contributed by atoms with van der Waals surface area (Å²) in [7, 11) is 0. The molecule has 1 N–H and O–H groups in total. The first-order valence-corrected chi connectivity index (χ1v) is 8.31. The molecule has 2 unspecified atom stereocenters. The minimum Gasteiger partial charge on any atom is -0.305 e. The Morgan fingerprint density at radius 3 is 2.78 bits per heavy atom. The van der Waals surface area contributed by atoms with Crippen molar-refractivity contribution in [3.8, 4) is 0 Å². The summed E-state index contributed by atoms with van der Waals surface area (Å²) in [4.78, 5) is 4.26. The molecular formula is C15H22N2S. The normalized spacial score (nSPS) is 30.8. The fourth-order valence-corrected chi connectivity index (χ4v) is 4.18. The van der Waals surface area contributed by atoms with Crippen LogP contribution in [0.15, 0.2) is 17.5 Å². The standard InChI is InChI=1S/C15H22N2S/c1-2-14(18-9-1)15(11-3-4-11)16-12-7-8-17(10-12)13-5-6-13/h1-2,9,11-13,15-16H,3-8,10H2. The van der Waals surface area contributed by atoms with Crippen LogP contribution in [0.1, 0.15) is 43.0 Å². The van der Waals surface area contributed by atoms with Gasteiger partial charge in [-0.05, 0) is 49.5 Å². The minimum absolute atomic E-state index is 0.647. The third-order valence-corrected chi connectivity index (χ3v) is 5.60. The molecule has 0 aromatic carbocycles. The summed E-state index contributed by atoms with van der Waals surface area (Å²) >= 11 is 1.93. The van der Waals surface area contributed by atoms with E-state index < -0.39 is 0 Å². The van der Waals surface area contributed by atoms with Gasteiger partial charge in [0.25, 0.3) is 0 Å². The number of thiophene rings is 1.